The maximum atomic E-state index is 12.9. The minimum atomic E-state index is -0.826. The smallest absolute Gasteiger partial charge is 0.243 e. The first-order valence-corrected chi connectivity index (χ1v) is 10.2. The molecule has 0 aromatic heterocycles. The number of aryl methyl sites for hydroxylation is 2. The maximum Gasteiger partial charge on any atom is 0.243 e. The lowest BCUT2D eigenvalue weighted by atomic mass is 10.1. The van der Waals surface area contributed by atoms with Crippen molar-refractivity contribution in [3.05, 3.63) is 29.3 Å². The van der Waals surface area contributed by atoms with Crippen LogP contribution in [0.2, 0.25) is 0 Å². The molecule has 9 nitrogen and oxygen atoms in total. The van der Waals surface area contributed by atoms with Gasteiger partial charge in [0.2, 0.25) is 24.1 Å². The van der Waals surface area contributed by atoms with Gasteiger partial charge in [0.25, 0.3) is 0 Å². The van der Waals surface area contributed by atoms with Gasteiger partial charge in [-0.1, -0.05) is 6.07 Å². The van der Waals surface area contributed by atoms with E-state index in [1.165, 1.54) is 4.90 Å². The van der Waals surface area contributed by atoms with Gasteiger partial charge >= 0.3 is 0 Å². The van der Waals surface area contributed by atoms with E-state index in [4.69, 9.17) is 0 Å². The van der Waals surface area contributed by atoms with Crippen LogP contribution in [0.25, 0.3) is 0 Å². The van der Waals surface area contributed by atoms with E-state index in [0.717, 1.165) is 17.5 Å². The van der Waals surface area contributed by atoms with Gasteiger partial charge in [-0.3, -0.25) is 24.1 Å². The van der Waals surface area contributed by atoms with Gasteiger partial charge in [-0.2, -0.15) is 0 Å². The monoisotopic (exact) mass is 415 g/mol. The number of anilines is 1. The maximum absolute atomic E-state index is 12.9. The summed E-state index contributed by atoms with van der Waals surface area (Å²) < 4.78 is 0. The Bertz CT molecular complexity index is 799. The van der Waals surface area contributed by atoms with Gasteiger partial charge in [-0.25, -0.2) is 0 Å². The Balaban J connectivity index is 1.61. The number of amides is 4. The number of hydrogen-bond acceptors (Lipinski definition) is 5. The molecule has 0 unspecified atom stereocenters. The quantitative estimate of drug-likeness (QED) is 0.623. The molecule has 0 saturated carbocycles. The van der Waals surface area contributed by atoms with E-state index in [1.807, 2.05) is 36.9 Å². The molecule has 2 aliphatic rings. The molecule has 1 atom stereocenters. The summed E-state index contributed by atoms with van der Waals surface area (Å²) in [6, 6.07) is 4.93. The minimum absolute atomic E-state index is 0.0938. The largest absolute Gasteiger partial charge is 0.353 e. The normalized spacial score (nSPS) is 19.9. The second-order valence-corrected chi connectivity index (χ2v) is 7.94. The molecule has 2 saturated heterocycles. The van der Waals surface area contributed by atoms with Gasteiger partial charge in [-0.05, 0) is 37.1 Å². The first-order chi connectivity index (χ1) is 14.4. The molecular formula is C21H29N5O4. The van der Waals surface area contributed by atoms with Crippen molar-refractivity contribution >= 4 is 29.8 Å². The van der Waals surface area contributed by atoms with E-state index >= 15 is 0 Å². The molecule has 2 fully saturated rings. The van der Waals surface area contributed by atoms with Gasteiger partial charge in [-0.15, -0.1) is 0 Å². The zero-order valence-electron chi connectivity index (χ0n) is 17.5. The molecule has 0 aliphatic carbocycles. The van der Waals surface area contributed by atoms with Gasteiger partial charge in [0.15, 0.2) is 0 Å². The molecule has 3 rings (SSSR count). The molecule has 0 spiro atoms. The van der Waals surface area contributed by atoms with Crippen LogP contribution in [0.1, 0.15) is 17.5 Å². The summed E-state index contributed by atoms with van der Waals surface area (Å²) in [5.74, 6) is -0.788. The number of nitrogens with one attached hydrogen (secondary N) is 2. The molecule has 2 aliphatic heterocycles. The van der Waals surface area contributed by atoms with Gasteiger partial charge < -0.3 is 20.4 Å². The lowest BCUT2D eigenvalue weighted by Crippen LogP contribution is -2.60. The van der Waals surface area contributed by atoms with Crippen LogP contribution in [-0.4, -0.2) is 90.7 Å². The molecule has 2 N–H and O–H groups in total. The highest BCUT2D eigenvalue weighted by Gasteiger charge is 2.35. The Morgan fingerprint density at radius 2 is 1.77 bits per heavy atom. The second-order valence-electron chi connectivity index (χ2n) is 7.94. The molecular weight excluding hydrogens is 386 g/mol. The van der Waals surface area contributed by atoms with Crippen LogP contribution in [0.5, 0.6) is 0 Å². The van der Waals surface area contributed by atoms with E-state index in [0.29, 0.717) is 45.0 Å². The topological polar surface area (TPSA) is 102 Å². The number of carbonyl (C=O) groups is 4. The summed E-state index contributed by atoms with van der Waals surface area (Å²) >= 11 is 0. The third-order valence-electron chi connectivity index (χ3n) is 5.45. The summed E-state index contributed by atoms with van der Waals surface area (Å²) in [6.07, 6.45) is 0.724. The Morgan fingerprint density at radius 3 is 2.40 bits per heavy atom. The number of hydrogen-bond donors (Lipinski definition) is 2. The zero-order valence-corrected chi connectivity index (χ0v) is 17.5. The third-order valence-corrected chi connectivity index (χ3v) is 5.45. The molecule has 162 valence electrons. The standard InChI is InChI=1S/C21H29N5O4/c1-15-9-16(2)11-17(10-15)23-19(28)12-18-21(30)22-3-4-26(18)20(29)13-24-5-7-25(14-27)8-6-24/h9-11,14,18H,3-8,12-13H2,1-2H3,(H,22,30)(H,23,28)/t18-/m0/s1. The Hall–Kier alpha value is -2.94. The molecule has 30 heavy (non-hydrogen) atoms. The van der Waals surface area contributed by atoms with E-state index < -0.39 is 6.04 Å². The van der Waals surface area contributed by atoms with E-state index in [9.17, 15) is 19.2 Å². The molecule has 0 radical (unpaired) electrons. The predicted molar refractivity (Wildman–Crippen MR) is 112 cm³/mol. The summed E-state index contributed by atoms with van der Waals surface area (Å²) in [5.41, 5.74) is 2.75. The molecule has 1 aromatic rings. The van der Waals surface area contributed by atoms with Crippen LogP contribution < -0.4 is 10.6 Å². The summed E-state index contributed by atoms with van der Waals surface area (Å²) in [7, 11) is 0. The summed E-state index contributed by atoms with van der Waals surface area (Å²) in [6.45, 7) is 7.22. The lowest BCUT2D eigenvalue weighted by Gasteiger charge is -2.37. The Labute approximate surface area is 176 Å². The fraction of sp³-hybridized carbons (Fsp3) is 0.524. The minimum Gasteiger partial charge on any atom is -0.353 e. The van der Waals surface area contributed by atoms with Crippen molar-refractivity contribution in [1.29, 1.82) is 0 Å². The molecule has 9 heteroatoms. The van der Waals surface area contributed by atoms with Crippen molar-refractivity contribution in [3.8, 4) is 0 Å². The Morgan fingerprint density at radius 1 is 1.10 bits per heavy atom. The number of piperazine rings is 2. The fourth-order valence-corrected chi connectivity index (χ4v) is 3.96. The number of rotatable bonds is 6. The third kappa shape index (κ3) is 5.56. The highest BCUT2D eigenvalue weighted by molar-refractivity contribution is 5.97. The Kier molecular flexibility index (Phi) is 7.04. The van der Waals surface area contributed by atoms with Crippen LogP contribution in [0.4, 0.5) is 5.69 Å². The highest BCUT2D eigenvalue weighted by Crippen LogP contribution is 2.16. The number of nitrogens with zero attached hydrogens (tertiary/aromatic N) is 3. The molecule has 0 bridgehead atoms. The van der Waals surface area contributed by atoms with Gasteiger partial charge in [0.1, 0.15) is 6.04 Å². The average molecular weight is 415 g/mol. The molecule has 2 heterocycles. The predicted octanol–water partition coefficient (Wildman–Crippen LogP) is -0.267. The molecule has 4 amide bonds. The van der Waals surface area contributed by atoms with Crippen molar-refractivity contribution in [2.45, 2.75) is 26.3 Å². The summed E-state index contributed by atoms with van der Waals surface area (Å²) in [5, 5.41) is 5.59. The van der Waals surface area contributed by atoms with Crippen LogP contribution in [0, 0.1) is 13.8 Å². The van der Waals surface area contributed by atoms with Gasteiger partial charge in [0, 0.05) is 45.0 Å². The van der Waals surface area contributed by atoms with E-state index in [1.54, 1.807) is 4.90 Å². The van der Waals surface area contributed by atoms with Crippen molar-refractivity contribution in [1.82, 2.24) is 20.0 Å². The van der Waals surface area contributed by atoms with Crippen LogP contribution >= 0.6 is 0 Å². The lowest BCUT2D eigenvalue weighted by molar-refractivity contribution is -0.145. The fourth-order valence-electron chi connectivity index (χ4n) is 3.96. The summed E-state index contributed by atoms with van der Waals surface area (Å²) in [4.78, 5) is 53.9. The van der Waals surface area contributed by atoms with Crippen molar-refractivity contribution < 1.29 is 19.2 Å². The molecule has 1 aromatic carbocycles. The van der Waals surface area contributed by atoms with Crippen molar-refractivity contribution in [2.24, 2.45) is 0 Å². The van der Waals surface area contributed by atoms with E-state index in [-0.39, 0.29) is 30.7 Å². The number of carbonyl (C=O) groups excluding carboxylic acids is 4. The van der Waals surface area contributed by atoms with Crippen LogP contribution in [0.15, 0.2) is 18.2 Å². The van der Waals surface area contributed by atoms with Crippen LogP contribution in [-0.2, 0) is 19.2 Å². The average Bonchev–Trinajstić information content (AvgIpc) is 2.69. The number of benzene rings is 1. The van der Waals surface area contributed by atoms with Crippen LogP contribution in [0.3, 0.4) is 0 Å². The first-order valence-electron chi connectivity index (χ1n) is 10.2. The van der Waals surface area contributed by atoms with Gasteiger partial charge in [0.05, 0.1) is 13.0 Å². The second kappa shape index (κ2) is 9.71. The van der Waals surface area contributed by atoms with Crippen molar-refractivity contribution in [2.75, 3.05) is 51.1 Å². The SMILES string of the molecule is Cc1cc(C)cc(NC(=O)C[C@H]2C(=O)NCCN2C(=O)CN2CCN(C=O)CC2)c1. The zero-order chi connectivity index (χ0) is 21.7. The van der Waals surface area contributed by atoms with Crippen molar-refractivity contribution in [3.63, 3.8) is 0 Å². The van der Waals surface area contributed by atoms with E-state index in [2.05, 4.69) is 10.6 Å². The first kappa shape index (κ1) is 21.8. The highest BCUT2D eigenvalue weighted by atomic mass is 16.2.